The number of alkyl halides is 6. The zero-order valence-corrected chi connectivity index (χ0v) is 9.55. The molecule has 0 spiro atoms. The predicted molar refractivity (Wildman–Crippen MR) is 49.8 cm³/mol. The molecule has 0 amide bonds. The van der Waals surface area contributed by atoms with Crippen LogP contribution in [0.25, 0.3) is 0 Å². The molecule has 0 aliphatic heterocycles. The third kappa shape index (κ3) is 4.01. The molecule has 3 unspecified atom stereocenters. The van der Waals surface area contributed by atoms with Crippen molar-refractivity contribution in [2.45, 2.75) is 56.9 Å². The highest BCUT2D eigenvalue weighted by atomic mass is 19.4. The maximum atomic E-state index is 12.3. The van der Waals surface area contributed by atoms with Crippen LogP contribution in [-0.2, 0) is 4.74 Å². The molecular weight excluding hydrogens is 266 g/mol. The van der Waals surface area contributed by atoms with Crippen LogP contribution in [0.15, 0.2) is 0 Å². The monoisotopic (exact) mass is 280 g/mol. The molecule has 2 nitrogen and oxygen atoms in total. The SMILES string of the molecule is CC1CCC(O)C(OC(C(F)(F)F)C(F)(F)F)C1. The van der Waals surface area contributed by atoms with Gasteiger partial charge in [0, 0.05) is 0 Å². The summed E-state index contributed by atoms with van der Waals surface area (Å²) in [6.07, 6.45) is -16.9. The first-order valence-electron chi connectivity index (χ1n) is 5.48. The second kappa shape index (κ2) is 5.24. The maximum absolute atomic E-state index is 12.3. The molecule has 1 saturated carbocycles. The van der Waals surface area contributed by atoms with Crippen LogP contribution in [0, 0.1) is 5.92 Å². The van der Waals surface area contributed by atoms with Crippen LogP contribution in [-0.4, -0.2) is 35.8 Å². The van der Waals surface area contributed by atoms with Gasteiger partial charge in [-0.05, 0) is 25.2 Å². The molecule has 1 fully saturated rings. The molecular formula is C10H14F6O2. The summed E-state index contributed by atoms with van der Waals surface area (Å²) >= 11 is 0. The lowest BCUT2D eigenvalue weighted by atomic mass is 9.86. The van der Waals surface area contributed by atoms with Crippen LogP contribution >= 0.6 is 0 Å². The molecule has 0 bridgehead atoms. The third-order valence-electron chi connectivity index (χ3n) is 2.92. The number of hydrogen-bond acceptors (Lipinski definition) is 2. The minimum absolute atomic E-state index is 0.0101. The van der Waals surface area contributed by atoms with Crippen molar-refractivity contribution in [2.75, 3.05) is 0 Å². The molecule has 18 heavy (non-hydrogen) atoms. The van der Waals surface area contributed by atoms with E-state index in [9.17, 15) is 31.4 Å². The van der Waals surface area contributed by atoms with Crippen molar-refractivity contribution in [2.24, 2.45) is 5.92 Å². The highest BCUT2D eigenvalue weighted by Gasteiger charge is 2.59. The third-order valence-corrected chi connectivity index (χ3v) is 2.92. The fraction of sp³-hybridized carbons (Fsp3) is 1.00. The van der Waals surface area contributed by atoms with Crippen molar-refractivity contribution >= 4 is 0 Å². The van der Waals surface area contributed by atoms with E-state index in [0.29, 0.717) is 6.42 Å². The molecule has 3 atom stereocenters. The lowest BCUT2D eigenvalue weighted by Gasteiger charge is -2.35. The molecule has 0 saturated heterocycles. The molecule has 1 aliphatic carbocycles. The average molecular weight is 280 g/mol. The van der Waals surface area contributed by atoms with E-state index in [-0.39, 0.29) is 18.8 Å². The van der Waals surface area contributed by atoms with Gasteiger partial charge in [0.25, 0.3) is 0 Å². The molecule has 108 valence electrons. The van der Waals surface area contributed by atoms with Gasteiger partial charge in [0.05, 0.1) is 12.2 Å². The zero-order valence-electron chi connectivity index (χ0n) is 9.55. The summed E-state index contributed by atoms with van der Waals surface area (Å²) in [6.45, 7) is 1.69. The van der Waals surface area contributed by atoms with E-state index in [1.54, 1.807) is 6.92 Å². The Morgan fingerprint density at radius 2 is 1.56 bits per heavy atom. The molecule has 0 aromatic carbocycles. The number of ether oxygens (including phenoxy) is 1. The minimum Gasteiger partial charge on any atom is -0.390 e. The summed E-state index contributed by atoms with van der Waals surface area (Å²) in [5.74, 6) is -0.0690. The van der Waals surface area contributed by atoms with Gasteiger partial charge in [-0.25, -0.2) is 0 Å². The lowest BCUT2D eigenvalue weighted by molar-refractivity contribution is -0.338. The van der Waals surface area contributed by atoms with Gasteiger partial charge in [-0.2, -0.15) is 26.3 Å². The van der Waals surface area contributed by atoms with Crippen LogP contribution in [0.3, 0.4) is 0 Å². The fourth-order valence-electron chi connectivity index (χ4n) is 1.97. The Labute approximate surface area is 99.9 Å². The van der Waals surface area contributed by atoms with Crippen molar-refractivity contribution in [3.05, 3.63) is 0 Å². The van der Waals surface area contributed by atoms with E-state index in [1.165, 1.54) is 0 Å². The minimum atomic E-state index is -5.53. The van der Waals surface area contributed by atoms with E-state index >= 15 is 0 Å². The number of aliphatic hydroxyl groups is 1. The normalized spacial score (nSPS) is 30.8. The predicted octanol–water partition coefficient (Wildman–Crippen LogP) is 3.05. The van der Waals surface area contributed by atoms with E-state index in [2.05, 4.69) is 4.74 Å². The summed E-state index contributed by atoms with van der Waals surface area (Å²) in [5, 5.41) is 9.41. The number of aliphatic hydroxyl groups excluding tert-OH is 1. The van der Waals surface area contributed by atoms with Crippen LogP contribution in [0.2, 0.25) is 0 Å². The van der Waals surface area contributed by atoms with Gasteiger partial charge in [-0.3, -0.25) is 0 Å². The van der Waals surface area contributed by atoms with Gasteiger partial charge in [0.2, 0.25) is 6.10 Å². The highest BCUT2D eigenvalue weighted by molar-refractivity contribution is 4.84. The second-order valence-electron chi connectivity index (χ2n) is 4.62. The van der Waals surface area contributed by atoms with Crippen LogP contribution in [0.5, 0.6) is 0 Å². The maximum Gasteiger partial charge on any atom is 0.423 e. The average Bonchev–Trinajstić information content (AvgIpc) is 2.15. The molecule has 1 N–H and O–H groups in total. The summed E-state index contributed by atoms with van der Waals surface area (Å²) in [7, 11) is 0. The van der Waals surface area contributed by atoms with Crippen molar-refractivity contribution in [1.82, 2.24) is 0 Å². The molecule has 0 aromatic rings. The Hall–Kier alpha value is -0.500. The lowest BCUT2D eigenvalue weighted by Crippen LogP contribution is -2.49. The summed E-state index contributed by atoms with van der Waals surface area (Å²) < 4.78 is 77.7. The standard InChI is InChI=1S/C10H14F6O2/c1-5-2-3-6(17)7(4-5)18-8(9(11,12)13)10(14,15)16/h5-8,17H,2-4H2,1H3. The summed E-state index contributed by atoms with van der Waals surface area (Å²) in [5.41, 5.74) is 0. The molecule has 1 aliphatic rings. The van der Waals surface area contributed by atoms with E-state index in [0.717, 1.165) is 0 Å². The summed E-state index contributed by atoms with van der Waals surface area (Å²) in [6, 6.07) is 0. The van der Waals surface area contributed by atoms with E-state index < -0.39 is 30.7 Å². The van der Waals surface area contributed by atoms with Gasteiger partial charge in [0.15, 0.2) is 0 Å². The zero-order chi connectivity index (χ0) is 14.1. The first-order valence-corrected chi connectivity index (χ1v) is 5.48. The van der Waals surface area contributed by atoms with Gasteiger partial charge in [-0.15, -0.1) is 0 Å². The Balaban J connectivity index is 2.77. The largest absolute Gasteiger partial charge is 0.423 e. The van der Waals surface area contributed by atoms with Crippen LogP contribution in [0.4, 0.5) is 26.3 Å². The Kier molecular flexibility index (Phi) is 4.53. The van der Waals surface area contributed by atoms with Gasteiger partial charge in [-0.1, -0.05) is 6.92 Å². The van der Waals surface area contributed by atoms with Crippen LogP contribution < -0.4 is 0 Å². The summed E-state index contributed by atoms with van der Waals surface area (Å²) in [4.78, 5) is 0. The molecule has 0 radical (unpaired) electrons. The van der Waals surface area contributed by atoms with E-state index in [4.69, 9.17) is 0 Å². The number of hydrogen-bond donors (Lipinski definition) is 1. The Bertz CT molecular complexity index is 261. The highest BCUT2D eigenvalue weighted by Crippen LogP contribution is 2.38. The van der Waals surface area contributed by atoms with E-state index in [1.807, 2.05) is 0 Å². The van der Waals surface area contributed by atoms with Crippen molar-refractivity contribution in [3.8, 4) is 0 Å². The number of halogens is 6. The van der Waals surface area contributed by atoms with Crippen molar-refractivity contribution < 1.29 is 36.2 Å². The molecule has 1 rings (SSSR count). The molecule has 0 aromatic heterocycles. The van der Waals surface area contributed by atoms with Gasteiger partial charge < -0.3 is 9.84 Å². The van der Waals surface area contributed by atoms with Gasteiger partial charge in [0.1, 0.15) is 0 Å². The second-order valence-corrected chi connectivity index (χ2v) is 4.62. The van der Waals surface area contributed by atoms with Crippen molar-refractivity contribution in [3.63, 3.8) is 0 Å². The fourth-order valence-corrected chi connectivity index (χ4v) is 1.97. The molecule has 0 heterocycles. The van der Waals surface area contributed by atoms with Crippen LogP contribution in [0.1, 0.15) is 26.2 Å². The van der Waals surface area contributed by atoms with Gasteiger partial charge >= 0.3 is 12.4 Å². The number of rotatable bonds is 2. The Morgan fingerprint density at radius 1 is 1.06 bits per heavy atom. The Morgan fingerprint density at radius 3 is 2.00 bits per heavy atom. The first kappa shape index (κ1) is 15.6. The first-order chi connectivity index (χ1) is 8.01. The quantitative estimate of drug-likeness (QED) is 0.788. The molecule has 8 heteroatoms. The smallest absolute Gasteiger partial charge is 0.390 e. The topological polar surface area (TPSA) is 29.5 Å². The van der Waals surface area contributed by atoms with Crippen molar-refractivity contribution in [1.29, 1.82) is 0 Å².